The Bertz CT molecular complexity index is 1290. The lowest BCUT2D eigenvalue weighted by Crippen LogP contribution is -2.53. The van der Waals surface area contributed by atoms with Gasteiger partial charge in [-0.2, -0.15) is 9.40 Å². The first-order valence-corrected chi connectivity index (χ1v) is 12.9. The van der Waals surface area contributed by atoms with Gasteiger partial charge >= 0.3 is 0 Å². The van der Waals surface area contributed by atoms with Crippen LogP contribution in [0.25, 0.3) is 0 Å². The Morgan fingerprint density at radius 1 is 1.26 bits per heavy atom. The molecule has 1 aromatic carbocycles. The zero-order valence-corrected chi connectivity index (χ0v) is 20.6. The molecule has 188 valence electrons. The highest BCUT2D eigenvalue weighted by molar-refractivity contribution is 7.89. The summed E-state index contributed by atoms with van der Waals surface area (Å²) in [5.41, 5.74) is 0.0690. The lowest BCUT2D eigenvalue weighted by atomic mass is 10.0. The molecule has 1 aromatic heterocycles. The van der Waals surface area contributed by atoms with Crippen LogP contribution in [0.3, 0.4) is 0 Å². The fourth-order valence-corrected chi connectivity index (χ4v) is 6.13. The van der Waals surface area contributed by atoms with E-state index in [1.807, 2.05) is 0 Å². The molecule has 2 aliphatic heterocycles. The van der Waals surface area contributed by atoms with Crippen LogP contribution >= 0.6 is 11.6 Å². The van der Waals surface area contributed by atoms with Crippen LogP contribution in [0, 0.1) is 12.3 Å². The van der Waals surface area contributed by atoms with Crippen molar-refractivity contribution in [2.24, 2.45) is 0 Å². The van der Waals surface area contributed by atoms with Crippen LogP contribution in [0.1, 0.15) is 30.9 Å². The van der Waals surface area contributed by atoms with E-state index < -0.39 is 34.0 Å². The van der Waals surface area contributed by atoms with Crippen molar-refractivity contribution >= 4 is 27.3 Å². The van der Waals surface area contributed by atoms with E-state index in [0.717, 1.165) is 0 Å². The minimum Gasteiger partial charge on any atom is -0.379 e. The fourth-order valence-electron chi connectivity index (χ4n) is 4.40. The predicted octanol–water partition coefficient (Wildman–Crippen LogP) is 2.76. The third kappa shape index (κ3) is 4.93. The third-order valence-corrected chi connectivity index (χ3v) is 8.81. The van der Waals surface area contributed by atoms with Crippen LogP contribution in [0.4, 0.5) is 14.5 Å². The molecule has 12 heteroatoms. The SMILES string of the molecule is C#Cc1ccc(S(=O)(=O)N2CCC(n3ncc(N(C)[C@H]4COCCC4(F)F)c(Cl)c3=O)CC2)cc1. The number of anilines is 1. The summed E-state index contributed by atoms with van der Waals surface area (Å²) in [4.78, 5) is 14.4. The van der Waals surface area contributed by atoms with Gasteiger partial charge < -0.3 is 9.64 Å². The van der Waals surface area contributed by atoms with Crippen LogP contribution in [0.2, 0.25) is 5.02 Å². The standard InChI is InChI=1S/C23H25ClF2N4O4S/c1-3-16-4-6-18(7-5-16)35(32,33)29-11-8-17(9-12-29)30-22(31)21(24)19(14-27-30)28(2)20-15-34-13-10-23(20,25)26/h1,4-7,14,17,20H,8-13,15H2,2H3/t20-/m0/s1. The normalized spacial score (nSPS) is 21.4. The largest absolute Gasteiger partial charge is 0.379 e. The number of aromatic nitrogens is 2. The zero-order valence-electron chi connectivity index (χ0n) is 19.0. The number of hydrogen-bond acceptors (Lipinski definition) is 6. The first kappa shape index (κ1) is 25.6. The van der Waals surface area contributed by atoms with Gasteiger partial charge in [0.1, 0.15) is 11.1 Å². The van der Waals surface area contributed by atoms with Gasteiger partial charge in [0.15, 0.2) is 0 Å². The minimum atomic E-state index is -3.71. The monoisotopic (exact) mass is 526 g/mol. The van der Waals surface area contributed by atoms with Crippen LogP contribution < -0.4 is 10.5 Å². The number of alkyl halides is 2. The Morgan fingerprint density at radius 2 is 1.91 bits per heavy atom. The van der Waals surface area contributed by atoms with Crippen molar-refractivity contribution in [1.82, 2.24) is 14.1 Å². The highest BCUT2D eigenvalue weighted by atomic mass is 35.5. The van der Waals surface area contributed by atoms with Gasteiger partial charge in [-0.05, 0) is 37.1 Å². The predicted molar refractivity (Wildman–Crippen MR) is 127 cm³/mol. The van der Waals surface area contributed by atoms with Crippen molar-refractivity contribution in [1.29, 1.82) is 0 Å². The lowest BCUT2D eigenvalue weighted by Gasteiger charge is -2.38. The second-order valence-corrected chi connectivity index (χ2v) is 10.9. The van der Waals surface area contributed by atoms with E-state index in [-0.39, 0.29) is 48.0 Å². The van der Waals surface area contributed by atoms with Gasteiger partial charge in [0, 0.05) is 32.1 Å². The van der Waals surface area contributed by atoms with E-state index in [2.05, 4.69) is 11.0 Å². The van der Waals surface area contributed by atoms with Crippen molar-refractivity contribution in [2.45, 2.75) is 42.2 Å². The Labute approximate surface area is 207 Å². The van der Waals surface area contributed by atoms with E-state index in [0.29, 0.717) is 18.4 Å². The average Bonchev–Trinajstić information content (AvgIpc) is 2.85. The Kier molecular flexibility index (Phi) is 7.20. The highest BCUT2D eigenvalue weighted by Gasteiger charge is 2.45. The summed E-state index contributed by atoms with van der Waals surface area (Å²) in [5.74, 6) is -0.548. The maximum atomic E-state index is 14.4. The molecule has 3 heterocycles. The van der Waals surface area contributed by atoms with Gasteiger partial charge in [0.25, 0.3) is 11.5 Å². The van der Waals surface area contributed by atoms with E-state index in [1.54, 1.807) is 12.1 Å². The molecule has 0 saturated carbocycles. The second-order valence-electron chi connectivity index (χ2n) is 8.61. The van der Waals surface area contributed by atoms with Gasteiger partial charge in [0.05, 0.1) is 36.0 Å². The topological polar surface area (TPSA) is 84.7 Å². The Balaban J connectivity index is 1.49. The Morgan fingerprint density at radius 3 is 2.51 bits per heavy atom. The van der Waals surface area contributed by atoms with Crippen molar-refractivity contribution in [3.63, 3.8) is 0 Å². The molecule has 0 N–H and O–H groups in total. The summed E-state index contributed by atoms with van der Waals surface area (Å²) in [7, 11) is -2.28. The first-order chi connectivity index (χ1) is 16.6. The lowest BCUT2D eigenvalue weighted by molar-refractivity contribution is -0.109. The highest BCUT2D eigenvalue weighted by Crippen LogP contribution is 2.34. The fraction of sp³-hybridized carbons (Fsp3) is 0.478. The van der Waals surface area contributed by atoms with Gasteiger partial charge in [-0.1, -0.05) is 17.5 Å². The smallest absolute Gasteiger partial charge is 0.287 e. The molecule has 0 radical (unpaired) electrons. The summed E-state index contributed by atoms with van der Waals surface area (Å²) < 4.78 is 62.4. The number of halogens is 3. The van der Waals surface area contributed by atoms with E-state index >= 15 is 0 Å². The molecule has 1 atom stereocenters. The van der Waals surface area contributed by atoms with Crippen LogP contribution in [-0.4, -0.2) is 67.8 Å². The number of likely N-dealkylation sites (N-methyl/N-ethyl adjacent to an activating group) is 1. The average molecular weight is 527 g/mol. The molecule has 0 spiro atoms. The summed E-state index contributed by atoms with van der Waals surface area (Å²) in [6.07, 6.45) is 6.89. The summed E-state index contributed by atoms with van der Waals surface area (Å²) >= 11 is 6.31. The van der Waals surface area contributed by atoms with Gasteiger partial charge in [0.2, 0.25) is 10.0 Å². The quantitative estimate of drug-likeness (QED) is 0.557. The summed E-state index contributed by atoms with van der Waals surface area (Å²) in [5, 5.41) is 3.98. The maximum Gasteiger partial charge on any atom is 0.287 e. The van der Waals surface area contributed by atoms with Crippen molar-refractivity contribution < 1.29 is 21.9 Å². The van der Waals surface area contributed by atoms with Gasteiger partial charge in [-0.3, -0.25) is 4.79 Å². The number of piperidine rings is 1. The number of rotatable bonds is 5. The molecule has 2 aliphatic rings. The third-order valence-electron chi connectivity index (χ3n) is 6.54. The number of sulfonamides is 1. The van der Waals surface area contributed by atoms with E-state index in [1.165, 1.54) is 39.3 Å². The number of hydrogen-bond donors (Lipinski definition) is 0. The van der Waals surface area contributed by atoms with E-state index in [9.17, 15) is 22.0 Å². The van der Waals surface area contributed by atoms with Crippen molar-refractivity contribution in [3.05, 3.63) is 51.4 Å². The van der Waals surface area contributed by atoms with Crippen molar-refractivity contribution in [2.75, 3.05) is 38.3 Å². The molecule has 2 aromatic rings. The molecular weight excluding hydrogens is 502 g/mol. The molecule has 2 saturated heterocycles. The summed E-state index contributed by atoms with van der Waals surface area (Å²) in [6.45, 7) is 0.142. The molecule has 8 nitrogen and oxygen atoms in total. The van der Waals surface area contributed by atoms with Crippen LogP contribution in [-0.2, 0) is 14.8 Å². The van der Waals surface area contributed by atoms with Crippen LogP contribution in [0.15, 0.2) is 40.2 Å². The molecular formula is C23H25ClF2N4O4S. The summed E-state index contributed by atoms with van der Waals surface area (Å²) in [6, 6.07) is 4.43. The molecule has 35 heavy (non-hydrogen) atoms. The molecule has 0 amide bonds. The molecule has 0 bridgehead atoms. The van der Waals surface area contributed by atoms with E-state index in [4.69, 9.17) is 22.8 Å². The molecule has 0 aliphatic carbocycles. The number of ether oxygens (including phenoxy) is 1. The number of nitrogens with zero attached hydrogens (tertiary/aromatic N) is 4. The van der Waals surface area contributed by atoms with Gasteiger partial charge in [-0.25, -0.2) is 21.9 Å². The number of terminal acetylenes is 1. The van der Waals surface area contributed by atoms with Crippen molar-refractivity contribution in [3.8, 4) is 12.3 Å². The molecule has 4 rings (SSSR count). The second kappa shape index (κ2) is 9.85. The molecule has 0 unspecified atom stereocenters. The van der Waals surface area contributed by atoms with Gasteiger partial charge in [-0.15, -0.1) is 6.42 Å². The minimum absolute atomic E-state index is 0.0322. The van der Waals surface area contributed by atoms with Crippen LogP contribution in [0.5, 0.6) is 0 Å². The number of benzene rings is 1. The zero-order chi connectivity index (χ0) is 25.4. The Hall–Kier alpha value is -2.52. The molecule has 2 fully saturated rings. The maximum absolute atomic E-state index is 14.4. The first-order valence-electron chi connectivity index (χ1n) is 11.1.